The highest BCUT2D eigenvalue weighted by Gasteiger charge is 2.33. The van der Waals surface area contributed by atoms with Crippen molar-refractivity contribution >= 4 is 21.1 Å². The smallest absolute Gasteiger partial charge is 0.326 e. The third-order valence-corrected chi connectivity index (χ3v) is 6.72. The van der Waals surface area contributed by atoms with E-state index in [0.717, 1.165) is 11.0 Å². The Morgan fingerprint density at radius 3 is 2.56 bits per heavy atom. The van der Waals surface area contributed by atoms with Gasteiger partial charge in [-0.15, -0.1) is 0 Å². The van der Waals surface area contributed by atoms with Gasteiger partial charge in [0.15, 0.2) is 5.03 Å². The molecule has 2 aromatic rings. The Morgan fingerprint density at radius 2 is 1.88 bits per heavy atom. The number of aromatic nitrogens is 2. The van der Waals surface area contributed by atoms with Crippen LogP contribution in [0.2, 0.25) is 0 Å². The number of H-pyrrole nitrogens is 1. The highest BCUT2D eigenvalue weighted by molar-refractivity contribution is 7.92. The van der Waals surface area contributed by atoms with Crippen LogP contribution in [0.5, 0.6) is 0 Å². The Morgan fingerprint density at radius 1 is 1.16 bits per heavy atom. The van der Waals surface area contributed by atoms with E-state index < -0.39 is 10.0 Å². The summed E-state index contributed by atoms with van der Waals surface area (Å²) in [6.45, 7) is 1.30. The first kappa shape index (κ1) is 16.2. The maximum atomic E-state index is 12.7. The second-order valence-electron chi connectivity index (χ2n) is 6.54. The highest BCUT2D eigenvalue weighted by Crippen LogP contribution is 2.28. The standard InChI is InChI=1S/C16H21N5O3S/c1-19-10-15(17-11-19)25(23,24)20-8-6-12(7-9-20)21-14-5-3-2-4-13(14)18-16(21)22/h2-5,10,12,17H,6-9,11H2,1H3,(H,18,22). The van der Waals surface area contributed by atoms with Gasteiger partial charge in [0.2, 0.25) is 0 Å². The van der Waals surface area contributed by atoms with E-state index in [2.05, 4.69) is 10.3 Å². The summed E-state index contributed by atoms with van der Waals surface area (Å²) in [7, 11) is -1.67. The molecule has 0 amide bonds. The van der Waals surface area contributed by atoms with E-state index in [1.54, 1.807) is 15.7 Å². The molecule has 1 saturated heterocycles. The van der Waals surface area contributed by atoms with Crippen LogP contribution in [0.4, 0.5) is 0 Å². The minimum Gasteiger partial charge on any atom is -0.361 e. The molecule has 4 rings (SSSR count). The molecule has 2 aliphatic heterocycles. The number of nitrogens with one attached hydrogen (secondary N) is 2. The molecule has 0 unspecified atom stereocenters. The fourth-order valence-electron chi connectivity index (χ4n) is 3.57. The topological polar surface area (TPSA) is 90.4 Å². The van der Waals surface area contributed by atoms with Crippen molar-refractivity contribution in [1.29, 1.82) is 0 Å². The first-order valence-corrected chi connectivity index (χ1v) is 9.76. The maximum Gasteiger partial charge on any atom is 0.326 e. The normalized spacial score (nSPS) is 20.0. The molecule has 2 aliphatic rings. The van der Waals surface area contributed by atoms with Gasteiger partial charge in [-0.1, -0.05) is 12.1 Å². The average Bonchev–Trinajstić information content (AvgIpc) is 3.18. The van der Waals surface area contributed by atoms with Crippen molar-refractivity contribution in [2.24, 2.45) is 0 Å². The lowest BCUT2D eigenvalue weighted by Gasteiger charge is -2.31. The molecular weight excluding hydrogens is 342 g/mol. The summed E-state index contributed by atoms with van der Waals surface area (Å²) in [5.41, 5.74) is 1.55. The number of para-hydroxylation sites is 2. The lowest BCUT2D eigenvalue weighted by atomic mass is 10.1. The number of aromatic amines is 1. The van der Waals surface area contributed by atoms with Crippen molar-refractivity contribution in [2.45, 2.75) is 18.9 Å². The summed E-state index contributed by atoms with van der Waals surface area (Å²) in [5, 5.41) is 3.16. The number of fused-ring (bicyclic) bond motifs is 1. The zero-order valence-electron chi connectivity index (χ0n) is 14.0. The van der Waals surface area contributed by atoms with Crippen LogP contribution < -0.4 is 11.0 Å². The zero-order chi connectivity index (χ0) is 17.6. The summed E-state index contributed by atoms with van der Waals surface area (Å²) in [4.78, 5) is 17.0. The van der Waals surface area contributed by atoms with Crippen molar-refractivity contribution < 1.29 is 8.42 Å². The van der Waals surface area contributed by atoms with E-state index >= 15 is 0 Å². The predicted molar refractivity (Wildman–Crippen MR) is 95.2 cm³/mol. The Hall–Kier alpha value is -2.26. The molecule has 0 radical (unpaired) electrons. The van der Waals surface area contributed by atoms with E-state index in [9.17, 15) is 13.2 Å². The third kappa shape index (κ3) is 2.73. The van der Waals surface area contributed by atoms with Crippen LogP contribution in [0.25, 0.3) is 11.0 Å². The molecule has 0 atom stereocenters. The fraction of sp³-hybridized carbons (Fsp3) is 0.438. The number of hydrogen-bond donors (Lipinski definition) is 2. The van der Waals surface area contributed by atoms with Gasteiger partial charge in [0.05, 0.1) is 17.7 Å². The van der Waals surface area contributed by atoms with Gasteiger partial charge in [-0.25, -0.2) is 13.2 Å². The molecule has 1 aromatic carbocycles. The van der Waals surface area contributed by atoms with Crippen LogP contribution in [0.1, 0.15) is 18.9 Å². The summed E-state index contributed by atoms with van der Waals surface area (Å²) in [5.74, 6) is 0. The van der Waals surface area contributed by atoms with Crippen molar-refractivity contribution in [1.82, 2.24) is 24.1 Å². The van der Waals surface area contributed by atoms with E-state index in [-0.39, 0.29) is 16.8 Å². The first-order valence-electron chi connectivity index (χ1n) is 8.32. The van der Waals surface area contributed by atoms with E-state index in [1.807, 2.05) is 31.3 Å². The Labute approximate surface area is 145 Å². The summed E-state index contributed by atoms with van der Waals surface area (Å²) in [6.07, 6.45) is 2.85. The molecule has 134 valence electrons. The number of imidazole rings is 1. The molecule has 1 fully saturated rings. The van der Waals surface area contributed by atoms with Gasteiger partial charge >= 0.3 is 5.69 Å². The maximum absolute atomic E-state index is 12.7. The minimum absolute atomic E-state index is 0.00305. The lowest BCUT2D eigenvalue weighted by Crippen LogP contribution is -2.42. The Balaban J connectivity index is 1.55. The molecule has 2 N–H and O–H groups in total. The SMILES string of the molecule is CN1C=C(S(=O)(=O)N2CCC(n3c(=O)[nH]c4ccccc43)CC2)NC1. The van der Waals surface area contributed by atoms with Crippen LogP contribution in [0.15, 0.2) is 40.3 Å². The number of benzene rings is 1. The molecule has 0 bridgehead atoms. The number of rotatable bonds is 3. The fourth-order valence-corrected chi connectivity index (χ4v) is 5.10. The summed E-state index contributed by atoms with van der Waals surface area (Å²) < 4.78 is 28.7. The summed E-state index contributed by atoms with van der Waals surface area (Å²) in [6, 6.07) is 7.58. The van der Waals surface area contributed by atoms with E-state index in [4.69, 9.17) is 0 Å². The van der Waals surface area contributed by atoms with Crippen molar-refractivity contribution in [2.75, 3.05) is 26.8 Å². The third-order valence-electron chi connectivity index (χ3n) is 4.87. The van der Waals surface area contributed by atoms with Gasteiger partial charge in [-0.05, 0) is 25.0 Å². The van der Waals surface area contributed by atoms with Crippen LogP contribution in [0.3, 0.4) is 0 Å². The van der Waals surface area contributed by atoms with Crippen molar-refractivity contribution in [3.63, 3.8) is 0 Å². The molecule has 0 spiro atoms. The number of nitrogens with zero attached hydrogens (tertiary/aromatic N) is 3. The van der Waals surface area contributed by atoms with Gasteiger partial charge in [-0.2, -0.15) is 4.31 Å². The van der Waals surface area contributed by atoms with Crippen LogP contribution in [-0.2, 0) is 10.0 Å². The van der Waals surface area contributed by atoms with Gasteiger partial charge < -0.3 is 15.2 Å². The zero-order valence-corrected chi connectivity index (χ0v) is 14.8. The second-order valence-corrected chi connectivity index (χ2v) is 8.44. The lowest BCUT2D eigenvalue weighted by molar-refractivity contribution is 0.275. The van der Waals surface area contributed by atoms with Crippen molar-refractivity contribution in [3.8, 4) is 0 Å². The Kier molecular flexibility index (Phi) is 3.84. The van der Waals surface area contributed by atoms with Crippen LogP contribution >= 0.6 is 0 Å². The predicted octanol–water partition coefficient (Wildman–Crippen LogP) is 0.588. The molecule has 25 heavy (non-hydrogen) atoms. The van der Waals surface area contributed by atoms with Crippen molar-refractivity contribution in [3.05, 3.63) is 46.0 Å². The van der Waals surface area contributed by atoms with Crippen LogP contribution in [-0.4, -0.2) is 54.0 Å². The molecule has 9 heteroatoms. The molecular formula is C16H21N5O3S. The molecule has 8 nitrogen and oxygen atoms in total. The van der Waals surface area contributed by atoms with Gasteiger partial charge in [0.1, 0.15) is 0 Å². The molecule has 0 aliphatic carbocycles. The Bertz CT molecular complexity index is 983. The average molecular weight is 363 g/mol. The largest absolute Gasteiger partial charge is 0.361 e. The highest BCUT2D eigenvalue weighted by atomic mass is 32.2. The second kappa shape index (κ2) is 5.92. The van der Waals surface area contributed by atoms with E-state index in [1.165, 1.54) is 4.31 Å². The number of sulfonamides is 1. The number of hydrogen-bond acceptors (Lipinski definition) is 5. The molecule has 0 saturated carbocycles. The molecule has 1 aromatic heterocycles. The van der Waals surface area contributed by atoms with E-state index in [0.29, 0.717) is 32.6 Å². The first-order chi connectivity index (χ1) is 12.0. The summed E-state index contributed by atoms with van der Waals surface area (Å²) >= 11 is 0. The monoisotopic (exact) mass is 363 g/mol. The minimum atomic E-state index is -3.49. The van der Waals surface area contributed by atoms with Gasteiger partial charge in [0.25, 0.3) is 10.0 Å². The number of piperidine rings is 1. The van der Waals surface area contributed by atoms with Crippen LogP contribution in [0, 0.1) is 0 Å². The van der Waals surface area contributed by atoms with Gasteiger partial charge in [-0.3, -0.25) is 4.57 Å². The quantitative estimate of drug-likeness (QED) is 0.833. The van der Waals surface area contributed by atoms with Gasteiger partial charge in [0, 0.05) is 32.4 Å². The molecule has 3 heterocycles.